The lowest BCUT2D eigenvalue weighted by Gasteiger charge is -1.99. The van der Waals surface area contributed by atoms with Gasteiger partial charge in [0.1, 0.15) is 11.9 Å². The topological polar surface area (TPSA) is 57.4 Å². The van der Waals surface area contributed by atoms with Crippen LogP contribution in [0.4, 0.5) is 0 Å². The van der Waals surface area contributed by atoms with Crippen LogP contribution in [-0.2, 0) is 7.05 Å². The molecule has 0 bridgehead atoms. The van der Waals surface area contributed by atoms with Crippen LogP contribution in [0.1, 0.15) is 28.3 Å². The molecule has 110 valence electrons. The fraction of sp³-hybridized carbons (Fsp3) is 0.222. The highest BCUT2D eigenvalue weighted by atomic mass is 14.9. The summed E-state index contributed by atoms with van der Waals surface area (Å²) >= 11 is 0. The number of nitrogens with zero attached hydrogens (tertiary/aromatic N) is 3. The van der Waals surface area contributed by atoms with Gasteiger partial charge in [-0.15, -0.1) is 0 Å². The molecule has 0 aliphatic carbocycles. The van der Waals surface area contributed by atoms with Crippen molar-refractivity contribution in [2.75, 3.05) is 0 Å². The summed E-state index contributed by atoms with van der Waals surface area (Å²) in [6.07, 6.45) is 1.90. The second-order valence-electron chi connectivity index (χ2n) is 5.66. The molecule has 0 spiro atoms. The largest absolute Gasteiger partial charge is 0.352 e. The van der Waals surface area contributed by atoms with Gasteiger partial charge in [-0.25, -0.2) is 4.98 Å². The number of nitriles is 1. The minimum atomic E-state index is 0.544. The Morgan fingerprint density at radius 2 is 2.05 bits per heavy atom. The van der Waals surface area contributed by atoms with Gasteiger partial charge in [0.2, 0.25) is 0 Å². The number of allylic oxidation sites excluding steroid dienone is 1. The van der Waals surface area contributed by atoms with E-state index in [0.717, 1.165) is 22.3 Å². The normalized spacial score (nSPS) is 11.9. The second-order valence-corrected chi connectivity index (χ2v) is 5.66. The maximum atomic E-state index is 9.50. The summed E-state index contributed by atoms with van der Waals surface area (Å²) in [5.41, 5.74) is 6.90. The molecule has 22 heavy (non-hydrogen) atoms. The highest BCUT2D eigenvalue weighted by Gasteiger charge is 2.10. The molecule has 0 unspecified atom stereocenters. The van der Waals surface area contributed by atoms with Gasteiger partial charge in [0, 0.05) is 18.4 Å². The minimum Gasteiger partial charge on any atom is -0.352 e. The zero-order chi connectivity index (χ0) is 15.9. The summed E-state index contributed by atoms with van der Waals surface area (Å²) in [4.78, 5) is 7.77. The van der Waals surface area contributed by atoms with E-state index in [-0.39, 0.29) is 0 Å². The van der Waals surface area contributed by atoms with Gasteiger partial charge in [-0.1, -0.05) is 6.07 Å². The molecule has 2 aromatic heterocycles. The fourth-order valence-electron chi connectivity index (χ4n) is 2.59. The number of nitrogens with one attached hydrogen (secondary N) is 1. The van der Waals surface area contributed by atoms with Gasteiger partial charge in [-0.3, -0.25) is 0 Å². The maximum absolute atomic E-state index is 9.50. The summed E-state index contributed by atoms with van der Waals surface area (Å²) in [5.74, 6) is 0.615. The predicted molar refractivity (Wildman–Crippen MR) is 89.2 cm³/mol. The van der Waals surface area contributed by atoms with Gasteiger partial charge in [0.05, 0.1) is 16.6 Å². The average molecular weight is 290 g/mol. The number of H-pyrrole nitrogens is 1. The number of imidazole rings is 1. The van der Waals surface area contributed by atoms with E-state index in [0.29, 0.717) is 11.4 Å². The molecule has 0 saturated carbocycles. The van der Waals surface area contributed by atoms with Crippen LogP contribution in [0.25, 0.3) is 22.7 Å². The van der Waals surface area contributed by atoms with E-state index in [4.69, 9.17) is 0 Å². The molecular weight excluding hydrogens is 272 g/mol. The van der Waals surface area contributed by atoms with Crippen LogP contribution in [0.3, 0.4) is 0 Å². The molecule has 0 fully saturated rings. The summed E-state index contributed by atoms with van der Waals surface area (Å²) in [5, 5.41) is 9.50. The zero-order valence-corrected chi connectivity index (χ0v) is 13.2. The number of fused-ring (bicyclic) bond motifs is 1. The molecule has 4 heteroatoms. The van der Waals surface area contributed by atoms with Crippen LogP contribution in [0.2, 0.25) is 0 Å². The molecule has 0 atom stereocenters. The standard InChI is InChI=1S/C18H18N4/c1-11-5-6-16-17(7-11)21-18(20-16)15(10-19)9-14-8-12(2)22(4)13(14)3/h5-9H,1-4H3,(H,20,21)/b15-9-. The number of hydrogen-bond donors (Lipinski definition) is 1. The highest BCUT2D eigenvalue weighted by Crippen LogP contribution is 2.22. The van der Waals surface area contributed by atoms with E-state index in [9.17, 15) is 5.26 Å². The third-order valence-electron chi connectivity index (χ3n) is 4.13. The van der Waals surface area contributed by atoms with E-state index in [1.807, 2.05) is 38.2 Å². The summed E-state index contributed by atoms with van der Waals surface area (Å²) in [6.45, 7) is 6.15. The summed E-state index contributed by atoms with van der Waals surface area (Å²) in [6, 6.07) is 10.4. The van der Waals surface area contributed by atoms with Crippen molar-refractivity contribution in [2.45, 2.75) is 20.8 Å². The minimum absolute atomic E-state index is 0.544. The van der Waals surface area contributed by atoms with Crippen molar-refractivity contribution in [1.29, 1.82) is 5.26 Å². The zero-order valence-electron chi connectivity index (χ0n) is 13.2. The maximum Gasteiger partial charge on any atom is 0.149 e. The average Bonchev–Trinajstić information content (AvgIpc) is 3.01. The molecule has 0 aliphatic heterocycles. The number of aryl methyl sites for hydroxylation is 2. The van der Waals surface area contributed by atoms with Gasteiger partial charge in [-0.2, -0.15) is 5.26 Å². The van der Waals surface area contributed by atoms with Crippen LogP contribution in [0, 0.1) is 32.1 Å². The molecule has 2 heterocycles. The van der Waals surface area contributed by atoms with E-state index >= 15 is 0 Å². The van der Waals surface area contributed by atoms with Crippen molar-refractivity contribution in [3.8, 4) is 6.07 Å². The predicted octanol–water partition coefficient (Wildman–Crippen LogP) is 3.89. The Balaban J connectivity index is 2.11. The molecule has 0 saturated heterocycles. The monoisotopic (exact) mass is 290 g/mol. The first-order valence-corrected chi connectivity index (χ1v) is 7.21. The second kappa shape index (κ2) is 5.19. The Morgan fingerprint density at radius 1 is 1.27 bits per heavy atom. The first kappa shape index (κ1) is 14.2. The first-order chi connectivity index (χ1) is 10.5. The van der Waals surface area contributed by atoms with Crippen molar-refractivity contribution in [2.24, 2.45) is 7.05 Å². The van der Waals surface area contributed by atoms with Crippen LogP contribution < -0.4 is 0 Å². The van der Waals surface area contributed by atoms with Crippen LogP contribution in [0.5, 0.6) is 0 Å². The Labute approximate surface area is 129 Å². The fourth-order valence-corrected chi connectivity index (χ4v) is 2.59. The molecule has 0 radical (unpaired) electrons. The Kier molecular flexibility index (Phi) is 3.34. The van der Waals surface area contributed by atoms with Crippen molar-refractivity contribution in [3.63, 3.8) is 0 Å². The molecule has 3 aromatic rings. The lowest BCUT2D eigenvalue weighted by Crippen LogP contribution is -1.93. The van der Waals surface area contributed by atoms with E-state index < -0.39 is 0 Å². The van der Waals surface area contributed by atoms with Crippen LogP contribution in [0.15, 0.2) is 24.3 Å². The van der Waals surface area contributed by atoms with E-state index in [1.54, 1.807) is 0 Å². The van der Waals surface area contributed by atoms with Crippen molar-refractivity contribution in [3.05, 3.63) is 52.6 Å². The highest BCUT2D eigenvalue weighted by molar-refractivity contribution is 5.90. The number of aromatic nitrogens is 3. The molecule has 0 aliphatic rings. The van der Waals surface area contributed by atoms with Gasteiger partial charge in [0.25, 0.3) is 0 Å². The van der Waals surface area contributed by atoms with Crippen LogP contribution in [-0.4, -0.2) is 14.5 Å². The van der Waals surface area contributed by atoms with Crippen molar-refractivity contribution >= 4 is 22.7 Å². The number of benzene rings is 1. The Bertz CT molecular complexity index is 932. The number of hydrogen-bond acceptors (Lipinski definition) is 2. The first-order valence-electron chi connectivity index (χ1n) is 7.21. The summed E-state index contributed by atoms with van der Waals surface area (Å²) < 4.78 is 2.11. The molecule has 1 N–H and O–H groups in total. The SMILES string of the molecule is Cc1ccc2nc(/C(C#N)=C\c3cc(C)n(C)c3C)[nH]c2c1. The Morgan fingerprint density at radius 3 is 2.68 bits per heavy atom. The van der Waals surface area contributed by atoms with Gasteiger partial charge >= 0.3 is 0 Å². The smallest absolute Gasteiger partial charge is 0.149 e. The molecule has 4 nitrogen and oxygen atoms in total. The third-order valence-corrected chi connectivity index (χ3v) is 4.13. The summed E-state index contributed by atoms with van der Waals surface area (Å²) in [7, 11) is 2.03. The molecule has 0 amide bonds. The quantitative estimate of drug-likeness (QED) is 0.728. The molecule has 3 rings (SSSR count). The van der Waals surface area contributed by atoms with Gasteiger partial charge in [0.15, 0.2) is 0 Å². The van der Waals surface area contributed by atoms with Crippen LogP contribution >= 0.6 is 0 Å². The van der Waals surface area contributed by atoms with Gasteiger partial charge < -0.3 is 9.55 Å². The van der Waals surface area contributed by atoms with E-state index in [1.165, 1.54) is 11.3 Å². The Hall–Kier alpha value is -2.80. The lowest BCUT2D eigenvalue weighted by molar-refractivity contribution is 0.843. The van der Waals surface area contributed by atoms with E-state index in [2.05, 4.69) is 40.5 Å². The lowest BCUT2D eigenvalue weighted by atomic mass is 10.1. The van der Waals surface area contributed by atoms with Crippen molar-refractivity contribution in [1.82, 2.24) is 14.5 Å². The van der Waals surface area contributed by atoms with Gasteiger partial charge in [-0.05, 0) is 56.2 Å². The van der Waals surface area contributed by atoms with Crippen molar-refractivity contribution < 1.29 is 0 Å². The molecular formula is C18H18N4. The number of aromatic amines is 1. The number of rotatable bonds is 2. The molecule has 1 aromatic carbocycles. The third kappa shape index (κ3) is 2.31.